The summed E-state index contributed by atoms with van der Waals surface area (Å²) in [4.78, 5) is 18.4. The van der Waals surface area contributed by atoms with Crippen molar-refractivity contribution in [1.82, 2.24) is 15.0 Å². The number of hydrogen-bond donors (Lipinski definition) is 1. The molecule has 182 valence electrons. The molecule has 0 aliphatic carbocycles. The van der Waals surface area contributed by atoms with Crippen molar-refractivity contribution in [2.24, 2.45) is 5.10 Å². The lowest BCUT2D eigenvalue weighted by Crippen LogP contribution is -2.24. The fourth-order valence-corrected chi connectivity index (χ4v) is 5.42. The van der Waals surface area contributed by atoms with Crippen LogP contribution >= 0.6 is 22.9 Å². The Balaban J connectivity index is 1.36. The van der Waals surface area contributed by atoms with E-state index in [-0.39, 0.29) is 12.5 Å². The van der Waals surface area contributed by atoms with E-state index in [2.05, 4.69) is 10.5 Å². The van der Waals surface area contributed by atoms with Crippen LogP contribution in [0.5, 0.6) is 11.5 Å². The number of fused-ring (bicyclic) bond motifs is 2. The Bertz CT molecular complexity index is 1590. The zero-order valence-corrected chi connectivity index (χ0v) is 21.3. The normalized spacial score (nSPS) is 11.4. The van der Waals surface area contributed by atoms with Gasteiger partial charge in [0.05, 0.1) is 41.4 Å². The zero-order valence-electron chi connectivity index (χ0n) is 19.7. The number of aromatic nitrogens is 2. The van der Waals surface area contributed by atoms with Crippen molar-refractivity contribution in [2.45, 2.75) is 13.0 Å². The van der Waals surface area contributed by atoms with Gasteiger partial charge in [0.1, 0.15) is 12.4 Å². The predicted octanol–water partition coefficient (Wildman–Crippen LogP) is 5.66. The molecule has 0 fully saturated rings. The number of hydrogen-bond acceptors (Lipinski definition) is 6. The SMILES string of the molecule is COc1ccc(Cc2nc3ccccc3n2CC(=O)N/N=C\c2sc3ccccc3c2Cl)cc1OC. The highest BCUT2D eigenvalue weighted by molar-refractivity contribution is 7.21. The Kier molecular flexibility index (Phi) is 6.88. The van der Waals surface area contributed by atoms with Crippen LogP contribution in [0.15, 0.2) is 71.8 Å². The van der Waals surface area contributed by atoms with E-state index in [1.807, 2.05) is 71.3 Å². The molecule has 1 N–H and O–H groups in total. The van der Waals surface area contributed by atoms with Gasteiger partial charge in [-0.2, -0.15) is 5.10 Å². The molecule has 3 aromatic carbocycles. The van der Waals surface area contributed by atoms with E-state index in [4.69, 9.17) is 26.1 Å². The number of nitrogens with one attached hydrogen (secondary N) is 1. The van der Waals surface area contributed by atoms with Gasteiger partial charge in [0, 0.05) is 16.5 Å². The molecular formula is C27H23ClN4O3S. The van der Waals surface area contributed by atoms with E-state index in [0.717, 1.165) is 37.4 Å². The summed E-state index contributed by atoms with van der Waals surface area (Å²) in [5.41, 5.74) is 5.31. The number of halogens is 1. The van der Waals surface area contributed by atoms with Crippen LogP contribution in [0.3, 0.4) is 0 Å². The zero-order chi connectivity index (χ0) is 25.1. The molecule has 2 heterocycles. The van der Waals surface area contributed by atoms with Crippen LogP contribution < -0.4 is 14.9 Å². The van der Waals surface area contributed by atoms with Crippen LogP contribution in [0.2, 0.25) is 5.02 Å². The molecule has 0 unspecified atom stereocenters. The van der Waals surface area contributed by atoms with Gasteiger partial charge in [-0.05, 0) is 35.9 Å². The molecule has 2 aromatic heterocycles. The van der Waals surface area contributed by atoms with Crippen molar-refractivity contribution in [3.8, 4) is 11.5 Å². The Labute approximate surface area is 216 Å². The topological polar surface area (TPSA) is 77.7 Å². The van der Waals surface area contributed by atoms with Gasteiger partial charge in [-0.3, -0.25) is 4.79 Å². The number of imidazole rings is 1. The Morgan fingerprint density at radius 1 is 1.08 bits per heavy atom. The molecule has 0 spiro atoms. The minimum Gasteiger partial charge on any atom is -0.493 e. The molecule has 0 saturated heterocycles. The highest BCUT2D eigenvalue weighted by atomic mass is 35.5. The summed E-state index contributed by atoms with van der Waals surface area (Å²) in [6.07, 6.45) is 2.10. The van der Waals surface area contributed by atoms with E-state index in [1.54, 1.807) is 20.4 Å². The molecule has 0 atom stereocenters. The maximum absolute atomic E-state index is 12.9. The summed E-state index contributed by atoms with van der Waals surface area (Å²) in [7, 11) is 3.21. The first-order valence-corrected chi connectivity index (χ1v) is 12.4. The third-order valence-electron chi connectivity index (χ3n) is 5.78. The minimum absolute atomic E-state index is 0.0701. The second kappa shape index (κ2) is 10.4. The number of methoxy groups -OCH3 is 2. The number of hydrazone groups is 1. The lowest BCUT2D eigenvalue weighted by Gasteiger charge is -2.11. The summed E-state index contributed by atoms with van der Waals surface area (Å²) in [6, 6.07) is 21.4. The Morgan fingerprint density at radius 3 is 2.67 bits per heavy atom. The molecular weight excluding hydrogens is 496 g/mol. The van der Waals surface area contributed by atoms with Gasteiger partial charge >= 0.3 is 0 Å². The van der Waals surface area contributed by atoms with Crippen LogP contribution in [0.25, 0.3) is 21.1 Å². The number of rotatable bonds is 8. The van der Waals surface area contributed by atoms with Gasteiger partial charge in [-0.25, -0.2) is 10.4 Å². The fraction of sp³-hybridized carbons (Fsp3) is 0.148. The minimum atomic E-state index is -0.264. The standard InChI is InChI=1S/C27H23ClN4O3S/c1-34-21-12-11-17(13-22(21)35-2)14-25-30-19-8-4-5-9-20(19)32(25)16-26(33)31-29-15-24-27(28)18-7-3-6-10-23(18)36-24/h3-13,15H,14,16H2,1-2H3,(H,31,33)/b29-15-. The van der Waals surface area contributed by atoms with E-state index in [0.29, 0.717) is 22.9 Å². The van der Waals surface area contributed by atoms with Gasteiger partial charge in [0.2, 0.25) is 0 Å². The van der Waals surface area contributed by atoms with Gasteiger partial charge in [0.15, 0.2) is 11.5 Å². The molecule has 5 aromatic rings. The third kappa shape index (κ3) is 4.78. The summed E-state index contributed by atoms with van der Waals surface area (Å²) in [5.74, 6) is 1.80. The van der Waals surface area contributed by atoms with E-state index < -0.39 is 0 Å². The first-order chi connectivity index (χ1) is 17.6. The Morgan fingerprint density at radius 2 is 1.86 bits per heavy atom. The van der Waals surface area contributed by atoms with E-state index in [9.17, 15) is 4.79 Å². The molecule has 0 radical (unpaired) electrons. The fourth-order valence-electron chi connectivity index (χ4n) is 4.07. The number of benzene rings is 3. The van der Waals surface area contributed by atoms with Crippen molar-refractivity contribution >= 4 is 56.2 Å². The number of carbonyl (C=O) groups excluding carboxylic acids is 1. The summed E-state index contributed by atoms with van der Waals surface area (Å²) < 4.78 is 13.8. The number of para-hydroxylation sites is 2. The van der Waals surface area contributed by atoms with Crippen molar-refractivity contribution in [1.29, 1.82) is 0 Å². The summed E-state index contributed by atoms with van der Waals surface area (Å²) >= 11 is 7.99. The maximum atomic E-state index is 12.9. The van der Waals surface area contributed by atoms with Gasteiger partial charge in [0.25, 0.3) is 5.91 Å². The molecule has 0 aliphatic heterocycles. The van der Waals surface area contributed by atoms with Gasteiger partial charge < -0.3 is 14.0 Å². The highest BCUT2D eigenvalue weighted by Gasteiger charge is 2.15. The largest absolute Gasteiger partial charge is 0.493 e. The van der Waals surface area contributed by atoms with Crippen molar-refractivity contribution < 1.29 is 14.3 Å². The van der Waals surface area contributed by atoms with Gasteiger partial charge in [-0.1, -0.05) is 48.0 Å². The highest BCUT2D eigenvalue weighted by Crippen LogP contribution is 2.34. The second-order valence-corrected chi connectivity index (χ2v) is 9.50. The van der Waals surface area contributed by atoms with Crippen LogP contribution in [0.1, 0.15) is 16.3 Å². The molecule has 5 rings (SSSR count). The smallest absolute Gasteiger partial charge is 0.260 e. The van der Waals surface area contributed by atoms with Crippen LogP contribution in [-0.4, -0.2) is 35.9 Å². The number of thiophene rings is 1. The molecule has 0 bridgehead atoms. The average molecular weight is 519 g/mol. The lowest BCUT2D eigenvalue weighted by atomic mass is 10.1. The van der Waals surface area contributed by atoms with E-state index in [1.165, 1.54) is 11.3 Å². The van der Waals surface area contributed by atoms with Gasteiger partial charge in [-0.15, -0.1) is 11.3 Å². The first kappa shape index (κ1) is 23.8. The van der Waals surface area contributed by atoms with Crippen molar-refractivity contribution in [2.75, 3.05) is 14.2 Å². The summed E-state index contributed by atoms with van der Waals surface area (Å²) in [5, 5.41) is 5.76. The molecule has 9 heteroatoms. The summed E-state index contributed by atoms with van der Waals surface area (Å²) in [6.45, 7) is 0.0701. The second-order valence-electron chi connectivity index (χ2n) is 8.04. The van der Waals surface area contributed by atoms with Crippen LogP contribution in [-0.2, 0) is 17.8 Å². The monoisotopic (exact) mass is 518 g/mol. The van der Waals surface area contributed by atoms with E-state index >= 15 is 0 Å². The number of nitrogens with zero attached hydrogens (tertiary/aromatic N) is 3. The molecule has 0 aliphatic rings. The maximum Gasteiger partial charge on any atom is 0.260 e. The predicted molar refractivity (Wildman–Crippen MR) is 145 cm³/mol. The average Bonchev–Trinajstić information content (AvgIpc) is 3.40. The Hall–Kier alpha value is -3.88. The van der Waals surface area contributed by atoms with Crippen LogP contribution in [0.4, 0.5) is 0 Å². The molecule has 1 amide bonds. The number of ether oxygens (including phenoxy) is 2. The van der Waals surface area contributed by atoms with Crippen LogP contribution in [0, 0.1) is 0 Å². The number of carbonyl (C=O) groups is 1. The molecule has 36 heavy (non-hydrogen) atoms. The third-order valence-corrected chi connectivity index (χ3v) is 7.40. The van der Waals surface area contributed by atoms with Crippen molar-refractivity contribution in [3.63, 3.8) is 0 Å². The quantitative estimate of drug-likeness (QED) is 0.212. The first-order valence-electron chi connectivity index (χ1n) is 11.2. The number of amides is 1. The van der Waals surface area contributed by atoms with Crippen molar-refractivity contribution in [3.05, 3.63) is 88.0 Å². The molecule has 7 nitrogen and oxygen atoms in total. The molecule has 0 saturated carbocycles. The lowest BCUT2D eigenvalue weighted by molar-refractivity contribution is -0.121.